The van der Waals surface area contributed by atoms with Gasteiger partial charge in [-0.1, -0.05) is 6.07 Å². The number of aromatic nitrogens is 2. The Morgan fingerprint density at radius 3 is 2.79 bits per heavy atom. The van der Waals surface area contributed by atoms with Gasteiger partial charge in [-0.3, -0.25) is 4.98 Å². The number of hydrogen-bond donors (Lipinski definition) is 0. The summed E-state index contributed by atoms with van der Waals surface area (Å²) in [5.74, 6) is -0.363. The number of hydrogen-bond acceptors (Lipinski definition) is 2. The van der Waals surface area contributed by atoms with E-state index in [1.165, 1.54) is 6.20 Å². The van der Waals surface area contributed by atoms with Crippen LogP contribution in [0.15, 0.2) is 41.3 Å². The summed E-state index contributed by atoms with van der Waals surface area (Å²) in [6.07, 6.45) is 2.72. The molecule has 0 saturated heterocycles. The molecule has 70 valence electrons. The zero-order valence-electron chi connectivity index (χ0n) is 7.11. The molecule has 0 unspecified atom stereocenters. The summed E-state index contributed by atoms with van der Waals surface area (Å²) in [5.41, 5.74) is 1.06. The maximum Gasteiger partial charge on any atom is 0.150 e. The number of pyridine rings is 2. The summed E-state index contributed by atoms with van der Waals surface area (Å²) in [6, 6.07) is 6.96. The van der Waals surface area contributed by atoms with Gasteiger partial charge in [0.2, 0.25) is 0 Å². The first-order chi connectivity index (χ1) is 6.77. The van der Waals surface area contributed by atoms with E-state index >= 15 is 0 Å². The van der Waals surface area contributed by atoms with Crippen LogP contribution in [0.2, 0.25) is 0 Å². The zero-order valence-corrected chi connectivity index (χ0v) is 8.70. The summed E-state index contributed by atoms with van der Waals surface area (Å²) >= 11 is 3.23. The smallest absolute Gasteiger partial charge is 0.150 e. The monoisotopic (exact) mass is 252 g/mol. The van der Waals surface area contributed by atoms with Crippen molar-refractivity contribution in [3.63, 3.8) is 0 Å². The van der Waals surface area contributed by atoms with Crippen molar-refractivity contribution in [2.45, 2.75) is 0 Å². The van der Waals surface area contributed by atoms with Gasteiger partial charge in [-0.15, -0.1) is 0 Å². The average Bonchev–Trinajstić information content (AvgIpc) is 2.18. The fourth-order valence-corrected chi connectivity index (χ4v) is 1.48. The van der Waals surface area contributed by atoms with Crippen LogP contribution in [0.3, 0.4) is 0 Å². The van der Waals surface area contributed by atoms with E-state index in [0.29, 0.717) is 15.9 Å². The quantitative estimate of drug-likeness (QED) is 0.730. The Kier molecular flexibility index (Phi) is 2.54. The molecule has 2 aromatic heterocycles. The number of rotatable bonds is 1. The van der Waals surface area contributed by atoms with Gasteiger partial charge < -0.3 is 0 Å². The van der Waals surface area contributed by atoms with Crippen LogP contribution in [-0.2, 0) is 0 Å². The van der Waals surface area contributed by atoms with E-state index in [1.807, 2.05) is 6.07 Å². The molecule has 0 bridgehead atoms. The molecule has 2 rings (SSSR count). The lowest BCUT2D eigenvalue weighted by Gasteiger charge is -2.01. The summed E-state index contributed by atoms with van der Waals surface area (Å²) in [7, 11) is 0. The molecule has 0 fully saturated rings. The molecule has 0 aliphatic rings. The molecule has 2 heterocycles. The van der Waals surface area contributed by atoms with Gasteiger partial charge in [-0.25, -0.2) is 9.37 Å². The van der Waals surface area contributed by atoms with Crippen LogP contribution in [0.4, 0.5) is 4.39 Å². The third-order valence-electron chi connectivity index (χ3n) is 1.76. The van der Waals surface area contributed by atoms with E-state index in [0.717, 1.165) is 0 Å². The first-order valence-electron chi connectivity index (χ1n) is 4.00. The maximum atomic E-state index is 13.3. The van der Waals surface area contributed by atoms with E-state index in [-0.39, 0.29) is 5.82 Å². The fourth-order valence-electron chi connectivity index (χ4n) is 1.14. The molecule has 2 aromatic rings. The number of nitrogens with zero attached hydrogens (tertiary/aromatic N) is 2. The Hall–Kier alpha value is -1.29. The third kappa shape index (κ3) is 1.80. The topological polar surface area (TPSA) is 25.8 Å². The van der Waals surface area contributed by atoms with Crippen molar-refractivity contribution in [2.75, 3.05) is 0 Å². The Morgan fingerprint density at radius 2 is 2.07 bits per heavy atom. The highest BCUT2D eigenvalue weighted by atomic mass is 79.9. The van der Waals surface area contributed by atoms with E-state index in [2.05, 4.69) is 25.9 Å². The average molecular weight is 253 g/mol. The van der Waals surface area contributed by atoms with Crippen LogP contribution >= 0.6 is 15.9 Å². The zero-order chi connectivity index (χ0) is 9.97. The second-order valence-electron chi connectivity index (χ2n) is 2.70. The van der Waals surface area contributed by atoms with E-state index in [4.69, 9.17) is 0 Å². The van der Waals surface area contributed by atoms with Gasteiger partial charge in [-0.2, -0.15) is 0 Å². The van der Waals surface area contributed by atoms with Gasteiger partial charge in [0.25, 0.3) is 0 Å². The first-order valence-corrected chi connectivity index (χ1v) is 4.79. The molecule has 0 aromatic carbocycles. The van der Waals surface area contributed by atoms with Gasteiger partial charge in [0.05, 0.1) is 11.9 Å². The van der Waals surface area contributed by atoms with E-state index in [9.17, 15) is 4.39 Å². The standard InChI is InChI=1S/C10H6BrFN2/c11-10-3-1-2-9(14-10)7-4-5-13-6-8(7)12/h1-6H. The first kappa shape index (κ1) is 9.27. The fraction of sp³-hybridized carbons (Fsp3) is 0. The highest BCUT2D eigenvalue weighted by Gasteiger charge is 2.05. The largest absolute Gasteiger partial charge is 0.262 e. The lowest BCUT2D eigenvalue weighted by molar-refractivity contribution is 0.624. The third-order valence-corrected chi connectivity index (χ3v) is 2.21. The van der Waals surface area contributed by atoms with Crippen molar-refractivity contribution in [2.24, 2.45) is 0 Å². The summed E-state index contributed by atoms with van der Waals surface area (Å²) < 4.78 is 14.0. The minimum atomic E-state index is -0.363. The highest BCUT2D eigenvalue weighted by molar-refractivity contribution is 9.10. The Bertz CT molecular complexity index is 459. The van der Waals surface area contributed by atoms with Crippen molar-refractivity contribution in [1.82, 2.24) is 9.97 Å². The molecule has 2 nitrogen and oxygen atoms in total. The van der Waals surface area contributed by atoms with Crippen molar-refractivity contribution in [3.05, 3.63) is 47.1 Å². The molecule has 0 spiro atoms. The SMILES string of the molecule is Fc1cnccc1-c1cccc(Br)n1. The molecule has 0 aliphatic heterocycles. The molecule has 4 heteroatoms. The lowest BCUT2D eigenvalue weighted by Crippen LogP contribution is -1.88. The predicted molar refractivity (Wildman–Crippen MR) is 55.1 cm³/mol. The molecule has 0 amide bonds. The summed E-state index contributed by atoms with van der Waals surface area (Å²) in [5, 5.41) is 0. The molecule has 0 atom stereocenters. The van der Waals surface area contributed by atoms with Crippen LogP contribution in [0.1, 0.15) is 0 Å². The van der Waals surface area contributed by atoms with Crippen LogP contribution in [-0.4, -0.2) is 9.97 Å². The van der Waals surface area contributed by atoms with Gasteiger partial charge in [0.15, 0.2) is 5.82 Å². The van der Waals surface area contributed by atoms with Crippen molar-refractivity contribution in [3.8, 4) is 11.3 Å². The molecule has 0 aliphatic carbocycles. The Morgan fingerprint density at radius 1 is 1.21 bits per heavy atom. The lowest BCUT2D eigenvalue weighted by atomic mass is 10.2. The summed E-state index contributed by atoms with van der Waals surface area (Å²) in [4.78, 5) is 7.83. The normalized spacial score (nSPS) is 10.1. The van der Waals surface area contributed by atoms with Crippen molar-refractivity contribution in [1.29, 1.82) is 0 Å². The second-order valence-corrected chi connectivity index (χ2v) is 3.51. The van der Waals surface area contributed by atoms with Crippen molar-refractivity contribution < 1.29 is 4.39 Å². The molecule has 14 heavy (non-hydrogen) atoms. The van der Waals surface area contributed by atoms with Crippen molar-refractivity contribution >= 4 is 15.9 Å². The number of halogens is 2. The van der Waals surface area contributed by atoms with Gasteiger partial charge in [0.1, 0.15) is 4.60 Å². The van der Waals surface area contributed by atoms with Crippen LogP contribution in [0.5, 0.6) is 0 Å². The molecule has 0 radical (unpaired) electrons. The molecule has 0 N–H and O–H groups in total. The maximum absolute atomic E-state index is 13.3. The minimum absolute atomic E-state index is 0.363. The highest BCUT2D eigenvalue weighted by Crippen LogP contribution is 2.20. The molecular formula is C10H6BrFN2. The van der Waals surface area contributed by atoms with Crippen LogP contribution in [0, 0.1) is 5.82 Å². The Balaban J connectivity index is 2.55. The minimum Gasteiger partial charge on any atom is -0.262 e. The predicted octanol–water partition coefficient (Wildman–Crippen LogP) is 3.05. The van der Waals surface area contributed by atoms with Gasteiger partial charge in [-0.05, 0) is 34.1 Å². The Labute approximate surface area is 89.0 Å². The molecular weight excluding hydrogens is 247 g/mol. The molecule has 0 saturated carbocycles. The van der Waals surface area contributed by atoms with Crippen LogP contribution < -0.4 is 0 Å². The van der Waals surface area contributed by atoms with Gasteiger partial charge >= 0.3 is 0 Å². The van der Waals surface area contributed by atoms with E-state index < -0.39 is 0 Å². The van der Waals surface area contributed by atoms with E-state index in [1.54, 1.807) is 24.4 Å². The summed E-state index contributed by atoms with van der Waals surface area (Å²) in [6.45, 7) is 0. The van der Waals surface area contributed by atoms with Crippen LogP contribution in [0.25, 0.3) is 11.3 Å². The second kappa shape index (κ2) is 3.84. The van der Waals surface area contributed by atoms with Gasteiger partial charge in [0, 0.05) is 11.8 Å².